The lowest BCUT2D eigenvalue weighted by atomic mass is 10.2. The number of hydrogen-bond donors (Lipinski definition) is 1. The van der Waals surface area contributed by atoms with Gasteiger partial charge in [0.15, 0.2) is 11.9 Å². The van der Waals surface area contributed by atoms with E-state index in [9.17, 15) is 19.7 Å². The molecular weight excluding hydrogens is 371 g/mol. The zero-order chi connectivity index (χ0) is 18.6. The van der Waals surface area contributed by atoms with Gasteiger partial charge in [-0.15, -0.1) is 0 Å². The monoisotopic (exact) mass is 382 g/mol. The highest BCUT2D eigenvalue weighted by Gasteiger charge is 2.22. The van der Waals surface area contributed by atoms with Gasteiger partial charge < -0.3 is 10.1 Å². The molecule has 25 heavy (non-hydrogen) atoms. The number of anilines is 1. The molecule has 0 aliphatic rings. The van der Waals surface area contributed by atoms with Crippen LogP contribution in [-0.4, -0.2) is 23.2 Å². The van der Waals surface area contributed by atoms with Crippen LogP contribution in [0.4, 0.5) is 11.4 Å². The van der Waals surface area contributed by atoms with Crippen molar-refractivity contribution in [2.24, 2.45) is 0 Å². The first kappa shape index (κ1) is 18.7. The van der Waals surface area contributed by atoms with Crippen molar-refractivity contribution >= 4 is 46.8 Å². The third-order valence-corrected chi connectivity index (χ3v) is 3.83. The van der Waals surface area contributed by atoms with Crippen LogP contribution in [0.1, 0.15) is 17.3 Å². The minimum absolute atomic E-state index is 0.124. The van der Waals surface area contributed by atoms with Gasteiger partial charge in [-0.3, -0.25) is 19.7 Å². The molecule has 2 aromatic rings. The Kier molecular flexibility index (Phi) is 5.95. The number of nitrogens with one attached hydrogen (secondary N) is 1. The van der Waals surface area contributed by atoms with E-state index in [0.717, 1.165) is 6.07 Å². The van der Waals surface area contributed by atoms with E-state index >= 15 is 0 Å². The standard InChI is InChI=1S/C16H12Cl2N2O5/c1-9(16(22)19-15-11(17)3-2-4-12(15)18)25-14-6-5-10(8-21)7-13(14)20(23)24/h2-9H,1H3,(H,19,22)/t9-/m0/s1. The van der Waals surface area contributed by atoms with Crippen LogP contribution >= 0.6 is 23.2 Å². The number of halogens is 2. The molecule has 1 atom stereocenters. The lowest BCUT2D eigenvalue weighted by Gasteiger charge is -2.16. The maximum Gasteiger partial charge on any atom is 0.311 e. The summed E-state index contributed by atoms with van der Waals surface area (Å²) in [6.07, 6.45) is -0.597. The predicted molar refractivity (Wildman–Crippen MR) is 93.7 cm³/mol. The first-order valence-electron chi connectivity index (χ1n) is 6.98. The molecule has 0 unspecified atom stereocenters. The smallest absolute Gasteiger partial charge is 0.311 e. The van der Waals surface area contributed by atoms with Crippen molar-refractivity contribution in [1.29, 1.82) is 0 Å². The third kappa shape index (κ3) is 4.46. The van der Waals surface area contributed by atoms with Gasteiger partial charge in [0, 0.05) is 11.6 Å². The van der Waals surface area contributed by atoms with Crippen molar-refractivity contribution in [3.8, 4) is 5.75 Å². The van der Waals surface area contributed by atoms with Crippen molar-refractivity contribution in [2.45, 2.75) is 13.0 Å². The van der Waals surface area contributed by atoms with E-state index in [0.29, 0.717) is 6.29 Å². The number of para-hydroxylation sites is 1. The van der Waals surface area contributed by atoms with Crippen LogP contribution in [0.25, 0.3) is 0 Å². The number of nitro groups is 1. The quantitative estimate of drug-likeness (QED) is 0.460. The van der Waals surface area contributed by atoms with Gasteiger partial charge >= 0.3 is 5.69 Å². The van der Waals surface area contributed by atoms with Gasteiger partial charge in [0.2, 0.25) is 0 Å². The van der Waals surface area contributed by atoms with Crippen LogP contribution < -0.4 is 10.1 Å². The lowest BCUT2D eigenvalue weighted by molar-refractivity contribution is -0.386. The normalized spacial score (nSPS) is 11.5. The molecule has 0 heterocycles. The van der Waals surface area contributed by atoms with Crippen molar-refractivity contribution in [3.63, 3.8) is 0 Å². The van der Waals surface area contributed by atoms with E-state index in [2.05, 4.69) is 5.32 Å². The summed E-state index contributed by atoms with van der Waals surface area (Å²) >= 11 is 12.0. The number of carbonyl (C=O) groups excluding carboxylic acids is 2. The molecule has 0 saturated carbocycles. The van der Waals surface area contributed by atoms with Gasteiger partial charge in [-0.2, -0.15) is 0 Å². The van der Waals surface area contributed by atoms with Gasteiger partial charge in [0.05, 0.1) is 20.7 Å². The van der Waals surface area contributed by atoms with Crippen molar-refractivity contribution in [3.05, 3.63) is 62.1 Å². The number of benzene rings is 2. The van der Waals surface area contributed by atoms with Crippen LogP contribution in [-0.2, 0) is 4.79 Å². The van der Waals surface area contributed by atoms with Crippen molar-refractivity contribution < 1.29 is 19.2 Å². The number of nitrogens with zero attached hydrogens (tertiary/aromatic N) is 1. The Bertz CT molecular complexity index is 821. The Hall–Kier alpha value is -2.64. The number of ether oxygens (including phenoxy) is 1. The minimum Gasteiger partial charge on any atom is -0.474 e. The third-order valence-electron chi connectivity index (χ3n) is 3.20. The van der Waals surface area contributed by atoms with Gasteiger partial charge in [-0.05, 0) is 31.2 Å². The molecule has 0 bridgehead atoms. The summed E-state index contributed by atoms with van der Waals surface area (Å²) in [6.45, 7) is 1.41. The molecule has 0 spiro atoms. The maximum atomic E-state index is 12.2. The molecule has 2 rings (SSSR count). The van der Waals surface area contributed by atoms with E-state index in [4.69, 9.17) is 27.9 Å². The number of hydrogen-bond acceptors (Lipinski definition) is 5. The van der Waals surface area contributed by atoms with E-state index < -0.39 is 22.6 Å². The lowest BCUT2D eigenvalue weighted by Crippen LogP contribution is -2.30. The number of nitro benzene ring substituents is 1. The van der Waals surface area contributed by atoms with E-state index in [1.807, 2.05) is 0 Å². The Balaban J connectivity index is 2.19. The fourth-order valence-corrected chi connectivity index (χ4v) is 2.43. The number of rotatable bonds is 6. The second-order valence-electron chi connectivity index (χ2n) is 4.95. The fraction of sp³-hybridized carbons (Fsp3) is 0.125. The average Bonchev–Trinajstić information content (AvgIpc) is 2.58. The summed E-state index contributed by atoms with van der Waals surface area (Å²) < 4.78 is 5.36. The Labute approximate surface area is 152 Å². The zero-order valence-corrected chi connectivity index (χ0v) is 14.4. The molecule has 2 aromatic carbocycles. The Morgan fingerprint density at radius 3 is 2.48 bits per heavy atom. The summed E-state index contributed by atoms with van der Waals surface area (Å²) in [6, 6.07) is 8.41. The van der Waals surface area contributed by atoms with Crippen LogP contribution in [0.3, 0.4) is 0 Å². The first-order valence-corrected chi connectivity index (χ1v) is 7.74. The van der Waals surface area contributed by atoms with Crippen LogP contribution in [0.15, 0.2) is 36.4 Å². The zero-order valence-electron chi connectivity index (χ0n) is 12.9. The van der Waals surface area contributed by atoms with E-state index in [1.54, 1.807) is 18.2 Å². The average molecular weight is 383 g/mol. The van der Waals surface area contributed by atoms with Crippen LogP contribution in [0.5, 0.6) is 5.75 Å². The van der Waals surface area contributed by atoms with E-state index in [1.165, 1.54) is 19.1 Å². The number of carbonyl (C=O) groups is 2. The predicted octanol–water partition coefficient (Wildman–Crippen LogP) is 4.12. The highest BCUT2D eigenvalue weighted by atomic mass is 35.5. The Morgan fingerprint density at radius 2 is 1.92 bits per heavy atom. The molecule has 0 saturated heterocycles. The molecular formula is C16H12Cl2N2O5. The maximum absolute atomic E-state index is 12.2. The molecule has 7 nitrogen and oxygen atoms in total. The fourth-order valence-electron chi connectivity index (χ4n) is 1.94. The minimum atomic E-state index is -1.08. The van der Waals surface area contributed by atoms with Crippen molar-refractivity contribution in [1.82, 2.24) is 0 Å². The summed E-state index contributed by atoms with van der Waals surface area (Å²) in [5, 5.41) is 14.1. The summed E-state index contributed by atoms with van der Waals surface area (Å²) in [4.78, 5) is 33.4. The van der Waals surface area contributed by atoms with Gasteiger partial charge in [-0.25, -0.2) is 0 Å². The first-order chi connectivity index (χ1) is 11.8. The highest BCUT2D eigenvalue weighted by Crippen LogP contribution is 2.31. The summed E-state index contributed by atoms with van der Waals surface area (Å²) in [5.74, 6) is -0.729. The number of amides is 1. The molecule has 1 N–H and O–H groups in total. The van der Waals surface area contributed by atoms with Gasteiger partial charge in [0.1, 0.15) is 6.29 Å². The van der Waals surface area contributed by atoms with Crippen LogP contribution in [0.2, 0.25) is 10.0 Å². The molecule has 0 fully saturated rings. The Morgan fingerprint density at radius 1 is 1.28 bits per heavy atom. The van der Waals surface area contributed by atoms with E-state index in [-0.39, 0.29) is 27.0 Å². The second kappa shape index (κ2) is 7.96. The molecule has 130 valence electrons. The SMILES string of the molecule is C[C@H](Oc1ccc(C=O)cc1[N+](=O)[O-])C(=O)Nc1c(Cl)cccc1Cl. The number of aldehydes is 1. The van der Waals surface area contributed by atoms with Gasteiger partial charge in [0.25, 0.3) is 5.91 Å². The summed E-state index contributed by atoms with van der Waals surface area (Å²) in [5.41, 5.74) is -0.0730. The molecule has 0 aliphatic carbocycles. The molecule has 9 heteroatoms. The molecule has 0 aliphatic heterocycles. The topological polar surface area (TPSA) is 98.5 Å². The molecule has 1 amide bonds. The summed E-state index contributed by atoms with van der Waals surface area (Å²) in [7, 11) is 0. The second-order valence-corrected chi connectivity index (χ2v) is 5.76. The van der Waals surface area contributed by atoms with Gasteiger partial charge in [-0.1, -0.05) is 29.3 Å². The molecule has 0 radical (unpaired) electrons. The largest absolute Gasteiger partial charge is 0.474 e. The molecule has 0 aromatic heterocycles. The highest BCUT2D eigenvalue weighted by molar-refractivity contribution is 6.39. The van der Waals surface area contributed by atoms with Crippen molar-refractivity contribution in [2.75, 3.05) is 5.32 Å². The van der Waals surface area contributed by atoms with Crippen LogP contribution in [0, 0.1) is 10.1 Å².